The zero-order valence-electron chi connectivity index (χ0n) is 14.8. The number of likely N-dealkylation sites (tertiary alicyclic amines) is 1. The molecule has 2 rings (SSSR count). The van der Waals surface area contributed by atoms with Gasteiger partial charge in [0.25, 0.3) is 0 Å². The largest absolute Gasteiger partial charge is 0.376 e. The van der Waals surface area contributed by atoms with Crippen LogP contribution < -0.4 is 15.1 Å². The molecule has 2 aliphatic rings. The van der Waals surface area contributed by atoms with Crippen LogP contribution in [0.15, 0.2) is 0 Å². The van der Waals surface area contributed by atoms with Crippen LogP contribution in [-0.2, 0) is 4.74 Å². The summed E-state index contributed by atoms with van der Waals surface area (Å²) in [6.45, 7) is 13.5. The van der Waals surface area contributed by atoms with E-state index in [9.17, 15) is 0 Å². The molecule has 0 aromatic heterocycles. The van der Waals surface area contributed by atoms with E-state index in [4.69, 9.17) is 4.74 Å². The smallest absolute Gasteiger partial charge is 0.126 e. The highest BCUT2D eigenvalue weighted by molar-refractivity contribution is 4.89. The molecule has 0 saturated carbocycles. The van der Waals surface area contributed by atoms with Crippen LogP contribution >= 0.6 is 0 Å². The molecule has 2 aliphatic heterocycles. The molecule has 4 heteroatoms. The summed E-state index contributed by atoms with van der Waals surface area (Å²) >= 11 is 0. The van der Waals surface area contributed by atoms with E-state index in [2.05, 4.69) is 33.3 Å². The van der Waals surface area contributed by atoms with Gasteiger partial charge in [0.2, 0.25) is 0 Å². The van der Waals surface area contributed by atoms with Crippen LogP contribution in [0.4, 0.5) is 0 Å². The molecule has 0 spiro atoms. The molecule has 2 saturated heterocycles. The van der Waals surface area contributed by atoms with Gasteiger partial charge in [0.05, 0.1) is 51.3 Å². The lowest BCUT2D eigenvalue weighted by Crippen LogP contribution is -3.13. The lowest BCUT2D eigenvalue weighted by molar-refractivity contribution is -0.899. The molecule has 21 heavy (non-hydrogen) atoms. The Morgan fingerprint density at radius 3 is 2.52 bits per heavy atom. The zero-order valence-corrected chi connectivity index (χ0v) is 14.8. The highest BCUT2D eigenvalue weighted by atomic mass is 16.5. The van der Waals surface area contributed by atoms with Gasteiger partial charge in [0, 0.05) is 19.4 Å². The third kappa shape index (κ3) is 5.51. The van der Waals surface area contributed by atoms with Crippen molar-refractivity contribution in [1.82, 2.24) is 0 Å². The molecule has 0 bridgehead atoms. The van der Waals surface area contributed by atoms with E-state index in [0.717, 1.165) is 6.61 Å². The third-order valence-corrected chi connectivity index (χ3v) is 5.29. The van der Waals surface area contributed by atoms with Crippen LogP contribution in [-0.4, -0.2) is 65.6 Å². The molecule has 124 valence electrons. The second-order valence-electron chi connectivity index (χ2n) is 8.41. The summed E-state index contributed by atoms with van der Waals surface area (Å²) in [5.41, 5.74) is 0.557. The van der Waals surface area contributed by atoms with E-state index in [1.807, 2.05) is 4.90 Å². The molecule has 0 amide bonds. The van der Waals surface area contributed by atoms with Crippen molar-refractivity contribution in [3.05, 3.63) is 0 Å². The van der Waals surface area contributed by atoms with Crippen molar-refractivity contribution >= 4 is 0 Å². The fourth-order valence-electron chi connectivity index (χ4n) is 4.36. The Labute approximate surface area is 131 Å². The molecule has 4 nitrogen and oxygen atoms in total. The summed E-state index contributed by atoms with van der Waals surface area (Å²) in [5.74, 6) is 0. The standard InChI is InChI=1S/C17H35N3O/c1-16(2)13-17(7-12-21-16,14-18-8-11-19(3)4)15-20-9-5-6-10-20/h18H,5-15H2,1-4H3/p+3/t17-/m1/s1. The lowest BCUT2D eigenvalue weighted by Gasteiger charge is -2.44. The van der Waals surface area contributed by atoms with Crippen LogP contribution in [0.2, 0.25) is 0 Å². The minimum Gasteiger partial charge on any atom is -0.376 e. The van der Waals surface area contributed by atoms with Gasteiger partial charge >= 0.3 is 0 Å². The molecule has 0 radical (unpaired) electrons. The molecule has 0 aromatic rings. The van der Waals surface area contributed by atoms with E-state index in [0.29, 0.717) is 5.41 Å². The van der Waals surface area contributed by atoms with Gasteiger partial charge < -0.3 is 19.9 Å². The van der Waals surface area contributed by atoms with Gasteiger partial charge in [0.1, 0.15) is 13.1 Å². The van der Waals surface area contributed by atoms with E-state index in [1.165, 1.54) is 65.0 Å². The normalized spacial score (nSPS) is 30.1. The summed E-state index contributed by atoms with van der Waals surface area (Å²) in [4.78, 5) is 3.40. The lowest BCUT2D eigenvalue weighted by atomic mass is 9.73. The first-order valence-electron chi connectivity index (χ1n) is 8.99. The van der Waals surface area contributed by atoms with Gasteiger partial charge in [0.15, 0.2) is 0 Å². The molecule has 2 fully saturated rings. The average Bonchev–Trinajstić information content (AvgIpc) is 2.86. The molecule has 0 aromatic carbocycles. The topological polar surface area (TPSA) is 34.7 Å². The van der Waals surface area contributed by atoms with E-state index >= 15 is 0 Å². The Morgan fingerprint density at radius 1 is 1.19 bits per heavy atom. The van der Waals surface area contributed by atoms with Crippen molar-refractivity contribution in [2.24, 2.45) is 5.41 Å². The Balaban J connectivity index is 1.92. The second-order valence-corrected chi connectivity index (χ2v) is 8.41. The number of quaternary nitrogens is 3. The zero-order chi connectivity index (χ0) is 15.3. The highest BCUT2D eigenvalue weighted by Crippen LogP contribution is 2.37. The predicted octanol–water partition coefficient (Wildman–Crippen LogP) is -2.05. The van der Waals surface area contributed by atoms with Gasteiger partial charge in [-0.15, -0.1) is 0 Å². The fraction of sp³-hybridized carbons (Fsp3) is 1.00. The summed E-state index contributed by atoms with van der Waals surface area (Å²) in [5, 5.41) is 2.57. The van der Waals surface area contributed by atoms with Crippen LogP contribution in [0.5, 0.6) is 0 Å². The maximum Gasteiger partial charge on any atom is 0.126 e. The quantitative estimate of drug-likeness (QED) is 0.465. The number of nitrogens with two attached hydrogens (primary N) is 1. The maximum atomic E-state index is 6.00. The Kier molecular flexibility index (Phi) is 6.06. The maximum absolute atomic E-state index is 6.00. The summed E-state index contributed by atoms with van der Waals surface area (Å²) in [7, 11) is 4.49. The Morgan fingerprint density at radius 2 is 1.90 bits per heavy atom. The molecule has 1 atom stereocenters. The Bertz CT molecular complexity index is 313. The first-order chi connectivity index (χ1) is 9.91. The van der Waals surface area contributed by atoms with Crippen LogP contribution in [0.25, 0.3) is 0 Å². The fourth-order valence-corrected chi connectivity index (χ4v) is 4.36. The third-order valence-electron chi connectivity index (χ3n) is 5.29. The number of rotatable bonds is 7. The van der Waals surface area contributed by atoms with Gasteiger partial charge in [-0.1, -0.05) is 0 Å². The molecule has 0 aliphatic carbocycles. The van der Waals surface area contributed by atoms with Gasteiger partial charge in [-0.3, -0.25) is 0 Å². The van der Waals surface area contributed by atoms with Crippen molar-refractivity contribution in [2.75, 3.05) is 60.0 Å². The molecule has 0 unspecified atom stereocenters. The van der Waals surface area contributed by atoms with Crippen LogP contribution in [0.3, 0.4) is 0 Å². The SMILES string of the molecule is C[NH+](C)CC[NH2+]C[C@@]1(C[NH+]2CCCC2)CCOC(C)(C)C1. The Hall–Kier alpha value is -0.160. The van der Waals surface area contributed by atoms with Crippen molar-refractivity contribution in [1.29, 1.82) is 0 Å². The molecule has 2 heterocycles. The van der Waals surface area contributed by atoms with E-state index < -0.39 is 0 Å². The molecular formula is C17H38N3O+3. The number of nitrogens with one attached hydrogen (secondary N) is 2. The monoisotopic (exact) mass is 300 g/mol. The first kappa shape index (κ1) is 17.2. The minimum absolute atomic E-state index is 0.0675. The number of hydrogen-bond acceptors (Lipinski definition) is 1. The van der Waals surface area contributed by atoms with Gasteiger partial charge in [-0.05, 0) is 26.7 Å². The second kappa shape index (κ2) is 7.40. The number of hydrogen-bond donors (Lipinski definition) is 3. The number of ether oxygens (including phenoxy) is 1. The van der Waals surface area contributed by atoms with Crippen molar-refractivity contribution in [3.63, 3.8) is 0 Å². The first-order valence-corrected chi connectivity index (χ1v) is 8.99. The van der Waals surface area contributed by atoms with Crippen LogP contribution in [0, 0.1) is 5.41 Å². The summed E-state index contributed by atoms with van der Waals surface area (Å²) < 4.78 is 6.00. The average molecular weight is 301 g/mol. The highest BCUT2D eigenvalue weighted by Gasteiger charge is 2.45. The van der Waals surface area contributed by atoms with Crippen molar-refractivity contribution < 1.29 is 19.9 Å². The van der Waals surface area contributed by atoms with Gasteiger partial charge in [-0.2, -0.15) is 0 Å². The van der Waals surface area contributed by atoms with Crippen molar-refractivity contribution in [3.8, 4) is 0 Å². The molecule has 4 N–H and O–H groups in total. The van der Waals surface area contributed by atoms with E-state index in [-0.39, 0.29) is 5.60 Å². The predicted molar refractivity (Wildman–Crippen MR) is 85.8 cm³/mol. The number of likely N-dealkylation sites (N-methyl/N-ethyl adjacent to an activating group) is 1. The van der Waals surface area contributed by atoms with Crippen molar-refractivity contribution in [2.45, 2.75) is 45.1 Å². The van der Waals surface area contributed by atoms with E-state index in [1.54, 1.807) is 4.90 Å². The minimum atomic E-state index is 0.0675. The van der Waals surface area contributed by atoms with Crippen LogP contribution in [0.1, 0.15) is 39.5 Å². The molecular weight excluding hydrogens is 262 g/mol. The summed E-state index contributed by atoms with van der Waals surface area (Å²) in [6.07, 6.45) is 5.35. The summed E-state index contributed by atoms with van der Waals surface area (Å²) in [6, 6.07) is 0. The van der Waals surface area contributed by atoms with Gasteiger partial charge in [-0.25, -0.2) is 0 Å².